The van der Waals surface area contributed by atoms with Crippen molar-refractivity contribution in [2.45, 2.75) is 33.2 Å². The number of aryl methyl sites for hydroxylation is 1. The second-order valence-corrected chi connectivity index (χ2v) is 5.46. The van der Waals surface area contributed by atoms with Crippen LogP contribution in [0, 0.1) is 12.8 Å². The van der Waals surface area contributed by atoms with Crippen molar-refractivity contribution in [3.63, 3.8) is 0 Å². The fraction of sp³-hybridized carbons (Fsp3) is 0.562. The quantitative estimate of drug-likeness (QED) is 0.265. The maximum atomic E-state index is 11.5. The Labute approximate surface area is 155 Å². The zero-order chi connectivity index (χ0) is 15.8. The third kappa shape index (κ3) is 7.62. The molecule has 0 saturated heterocycles. The second kappa shape index (κ2) is 10.4. The van der Waals surface area contributed by atoms with Gasteiger partial charge in [-0.2, -0.15) is 0 Å². The molecule has 23 heavy (non-hydrogen) atoms. The highest BCUT2D eigenvalue weighted by Crippen LogP contribution is 2.28. The number of halogens is 1. The van der Waals surface area contributed by atoms with Crippen LogP contribution in [0.4, 0.5) is 0 Å². The average Bonchev–Trinajstić information content (AvgIpc) is 3.33. The topological polar surface area (TPSA) is 78.4 Å². The third-order valence-electron chi connectivity index (χ3n) is 3.35. The average molecular weight is 431 g/mol. The highest BCUT2D eigenvalue weighted by Gasteiger charge is 2.28. The highest BCUT2D eigenvalue weighted by molar-refractivity contribution is 14.0. The Bertz CT molecular complexity index is 531. The summed E-state index contributed by atoms with van der Waals surface area (Å²) in [7, 11) is 0. The minimum Gasteiger partial charge on any atom is -0.357 e. The molecule has 0 unspecified atom stereocenters. The molecule has 1 heterocycles. The molecular formula is C16H26IN5O. The number of aliphatic imine (C=N–C) groups is 1. The molecule has 128 valence electrons. The van der Waals surface area contributed by atoms with E-state index in [1.54, 1.807) is 0 Å². The zero-order valence-electron chi connectivity index (χ0n) is 13.8. The van der Waals surface area contributed by atoms with Gasteiger partial charge in [-0.15, -0.1) is 24.0 Å². The predicted octanol–water partition coefficient (Wildman–Crippen LogP) is 1.59. The molecular weight excluding hydrogens is 405 g/mol. The first kappa shape index (κ1) is 19.7. The number of nitrogens with one attached hydrogen (secondary N) is 3. The molecule has 1 fully saturated rings. The Morgan fingerprint density at radius 1 is 1.26 bits per heavy atom. The number of carbonyl (C=O) groups excluding carboxylic acids is 1. The standard InChI is InChI=1S/C16H25N5O.HI/c1-3-17-16(19-10-9-18-15(22)13-7-8-13)20-11-14-6-4-5-12(2)21-14;/h4-6,13H,3,7-11H2,1-2H3,(H,18,22)(H2,17,19,20);1H. The Hall–Kier alpha value is -1.38. The normalized spacial score (nSPS) is 13.9. The van der Waals surface area contributed by atoms with E-state index in [1.165, 1.54) is 0 Å². The van der Waals surface area contributed by atoms with Crippen molar-refractivity contribution in [2.75, 3.05) is 19.6 Å². The summed E-state index contributed by atoms with van der Waals surface area (Å²) in [6.45, 7) is 6.59. The van der Waals surface area contributed by atoms with Crippen LogP contribution in [0.5, 0.6) is 0 Å². The van der Waals surface area contributed by atoms with Gasteiger partial charge in [0.1, 0.15) is 0 Å². The van der Waals surface area contributed by atoms with E-state index in [9.17, 15) is 4.79 Å². The maximum Gasteiger partial charge on any atom is 0.223 e. The summed E-state index contributed by atoms with van der Waals surface area (Å²) in [5, 5.41) is 9.33. The van der Waals surface area contributed by atoms with Crippen molar-refractivity contribution in [1.29, 1.82) is 0 Å². The van der Waals surface area contributed by atoms with Gasteiger partial charge in [0.05, 0.1) is 12.2 Å². The molecule has 0 atom stereocenters. The lowest BCUT2D eigenvalue weighted by molar-refractivity contribution is -0.122. The Morgan fingerprint density at radius 3 is 2.65 bits per heavy atom. The summed E-state index contributed by atoms with van der Waals surface area (Å²) in [5.41, 5.74) is 1.94. The van der Waals surface area contributed by atoms with Gasteiger partial charge >= 0.3 is 0 Å². The van der Waals surface area contributed by atoms with E-state index < -0.39 is 0 Å². The van der Waals surface area contributed by atoms with Gasteiger partial charge in [-0.05, 0) is 38.8 Å². The Morgan fingerprint density at radius 2 is 2.00 bits per heavy atom. The number of rotatable bonds is 7. The van der Waals surface area contributed by atoms with Gasteiger partial charge in [0.2, 0.25) is 5.91 Å². The minimum atomic E-state index is 0. The van der Waals surface area contributed by atoms with Gasteiger partial charge in [-0.1, -0.05) is 6.07 Å². The summed E-state index contributed by atoms with van der Waals surface area (Å²) >= 11 is 0. The number of amides is 1. The van der Waals surface area contributed by atoms with Crippen LogP contribution in [0.25, 0.3) is 0 Å². The molecule has 0 aromatic carbocycles. The van der Waals surface area contributed by atoms with Crippen LogP contribution >= 0.6 is 24.0 Å². The van der Waals surface area contributed by atoms with Crippen molar-refractivity contribution in [3.05, 3.63) is 29.6 Å². The number of carbonyl (C=O) groups is 1. The molecule has 0 radical (unpaired) electrons. The monoisotopic (exact) mass is 431 g/mol. The molecule has 1 aromatic heterocycles. The van der Waals surface area contributed by atoms with Crippen LogP contribution in [0.2, 0.25) is 0 Å². The predicted molar refractivity (Wildman–Crippen MR) is 103 cm³/mol. The van der Waals surface area contributed by atoms with E-state index in [4.69, 9.17) is 0 Å². The minimum absolute atomic E-state index is 0. The summed E-state index contributed by atoms with van der Waals surface area (Å²) in [5.74, 6) is 1.17. The molecule has 0 spiro atoms. The van der Waals surface area contributed by atoms with E-state index in [2.05, 4.69) is 25.9 Å². The van der Waals surface area contributed by atoms with Crippen molar-refractivity contribution in [2.24, 2.45) is 10.9 Å². The largest absolute Gasteiger partial charge is 0.357 e. The molecule has 3 N–H and O–H groups in total. The van der Waals surface area contributed by atoms with E-state index in [0.717, 1.165) is 36.7 Å². The molecule has 0 bridgehead atoms. The zero-order valence-corrected chi connectivity index (χ0v) is 16.1. The van der Waals surface area contributed by atoms with Gasteiger partial charge in [0.15, 0.2) is 5.96 Å². The number of aromatic nitrogens is 1. The van der Waals surface area contributed by atoms with Gasteiger partial charge in [0, 0.05) is 31.2 Å². The number of pyridine rings is 1. The second-order valence-electron chi connectivity index (χ2n) is 5.46. The lowest BCUT2D eigenvalue weighted by Gasteiger charge is -2.11. The van der Waals surface area contributed by atoms with Crippen molar-refractivity contribution in [3.8, 4) is 0 Å². The molecule has 1 aromatic rings. The van der Waals surface area contributed by atoms with E-state index in [1.807, 2.05) is 32.0 Å². The molecule has 1 saturated carbocycles. The summed E-state index contributed by atoms with van der Waals surface area (Å²) in [6, 6.07) is 5.93. The summed E-state index contributed by atoms with van der Waals surface area (Å²) in [6.07, 6.45) is 2.07. The first-order chi connectivity index (χ1) is 10.7. The number of nitrogens with zero attached hydrogens (tertiary/aromatic N) is 2. The smallest absolute Gasteiger partial charge is 0.223 e. The van der Waals surface area contributed by atoms with E-state index in [-0.39, 0.29) is 35.8 Å². The van der Waals surface area contributed by atoms with Gasteiger partial charge in [-0.25, -0.2) is 4.99 Å². The number of hydrogen-bond donors (Lipinski definition) is 3. The Kier molecular flexibility index (Phi) is 8.90. The molecule has 0 aliphatic heterocycles. The molecule has 2 rings (SSSR count). The molecule has 7 heteroatoms. The fourth-order valence-electron chi connectivity index (χ4n) is 2.05. The molecule has 1 aliphatic carbocycles. The van der Waals surface area contributed by atoms with Crippen LogP contribution in [0.3, 0.4) is 0 Å². The van der Waals surface area contributed by atoms with Gasteiger partial charge in [0.25, 0.3) is 0 Å². The van der Waals surface area contributed by atoms with E-state index >= 15 is 0 Å². The first-order valence-corrected chi connectivity index (χ1v) is 7.91. The third-order valence-corrected chi connectivity index (χ3v) is 3.35. The van der Waals surface area contributed by atoms with Crippen molar-refractivity contribution in [1.82, 2.24) is 20.9 Å². The van der Waals surface area contributed by atoms with Crippen LogP contribution in [0.15, 0.2) is 23.2 Å². The Balaban J connectivity index is 0.00000264. The number of guanidine groups is 1. The summed E-state index contributed by atoms with van der Waals surface area (Å²) in [4.78, 5) is 20.5. The van der Waals surface area contributed by atoms with E-state index in [0.29, 0.717) is 19.6 Å². The van der Waals surface area contributed by atoms with Crippen LogP contribution in [-0.4, -0.2) is 36.5 Å². The van der Waals surface area contributed by atoms with Crippen LogP contribution in [-0.2, 0) is 11.3 Å². The van der Waals surface area contributed by atoms with Crippen LogP contribution in [0.1, 0.15) is 31.2 Å². The lowest BCUT2D eigenvalue weighted by Crippen LogP contribution is -2.41. The molecule has 1 amide bonds. The van der Waals surface area contributed by atoms with Gasteiger partial charge < -0.3 is 16.0 Å². The van der Waals surface area contributed by atoms with Gasteiger partial charge in [-0.3, -0.25) is 9.78 Å². The van der Waals surface area contributed by atoms with Crippen LogP contribution < -0.4 is 16.0 Å². The fourth-order valence-corrected chi connectivity index (χ4v) is 2.05. The SMILES string of the molecule is CCNC(=NCc1cccc(C)n1)NCCNC(=O)C1CC1.I. The summed E-state index contributed by atoms with van der Waals surface area (Å²) < 4.78 is 0. The first-order valence-electron chi connectivity index (χ1n) is 7.91. The van der Waals surface area contributed by atoms with Crippen molar-refractivity contribution >= 4 is 35.8 Å². The van der Waals surface area contributed by atoms with Crippen molar-refractivity contribution < 1.29 is 4.79 Å². The maximum absolute atomic E-state index is 11.5. The highest BCUT2D eigenvalue weighted by atomic mass is 127. The molecule has 1 aliphatic rings. The number of hydrogen-bond acceptors (Lipinski definition) is 3. The lowest BCUT2D eigenvalue weighted by atomic mass is 10.3. The molecule has 6 nitrogen and oxygen atoms in total.